The fourth-order valence-electron chi connectivity index (χ4n) is 7.82. The lowest BCUT2D eigenvalue weighted by Gasteiger charge is -2.57. The zero-order valence-corrected chi connectivity index (χ0v) is 22.0. The largest absolute Gasteiger partial charge is 0.492 e. The number of nitrogens with zero attached hydrogens (tertiary/aromatic N) is 1. The minimum atomic E-state index is -0.339. The van der Waals surface area contributed by atoms with E-state index in [1.807, 2.05) is 0 Å². The minimum Gasteiger partial charge on any atom is -0.492 e. The first kappa shape index (κ1) is 24.7. The summed E-state index contributed by atoms with van der Waals surface area (Å²) in [6.07, 6.45) is 11.5. The summed E-state index contributed by atoms with van der Waals surface area (Å²) in [6, 6.07) is 15.3. The van der Waals surface area contributed by atoms with Crippen LogP contribution in [0.5, 0.6) is 5.75 Å². The number of carbonyl (C=O) groups is 1. The zero-order chi connectivity index (χ0) is 25.2. The van der Waals surface area contributed by atoms with Crippen molar-refractivity contribution in [3.63, 3.8) is 0 Å². The van der Waals surface area contributed by atoms with Gasteiger partial charge in [0.1, 0.15) is 12.4 Å². The van der Waals surface area contributed by atoms with Crippen molar-refractivity contribution >= 4 is 12.0 Å². The Labute approximate surface area is 220 Å². The van der Waals surface area contributed by atoms with E-state index in [2.05, 4.69) is 47.4 Å². The summed E-state index contributed by atoms with van der Waals surface area (Å²) in [6.45, 7) is 5.31. The summed E-state index contributed by atoms with van der Waals surface area (Å²) >= 11 is 0. The van der Waals surface area contributed by atoms with Gasteiger partial charge in [0.05, 0.1) is 20.3 Å². The molecule has 2 aromatic rings. The van der Waals surface area contributed by atoms with Gasteiger partial charge in [-0.3, -0.25) is 4.90 Å². The highest BCUT2D eigenvalue weighted by Gasteiger charge is 2.52. The summed E-state index contributed by atoms with van der Waals surface area (Å²) in [7, 11) is 1.40. The van der Waals surface area contributed by atoms with Gasteiger partial charge in [-0.15, -0.1) is 0 Å². The van der Waals surface area contributed by atoms with Gasteiger partial charge in [-0.05, 0) is 96.6 Å². The van der Waals surface area contributed by atoms with Crippen LogP contribution in [0.4, 0.5) is 0 Å². The van der Waals surface area contributed by atoms with Crippen molar-refractivity contribution in [1.29, 1.82) is 0 Å². The van der Waals surface area contributed by atoms with E-state index in [9.17, 15) is 4.79 Å². The number of ether oxygens (including phenoxy) is 3. The van der Waals surface area contributed by atoms with Crippen LogP contribution in [0.25, 0.3) is 17.2 Å². The molecule has 196 valence electrons. The molecule has 0 radical (unpaired) electrons. The molecule has 5 heteroatoms. The molecule has 0 spiro atoms. The van der Waals surface area contributed by atoms with E-state index < -0.39 is 0 Å². The topological polar surface area (TPSA) is 48.0 Å². The SMILES string of the molecule is COC(=O)/C=C/c1ccc(-c2ccc(OCCN3CCOCC3)c(C34CC5CC(CC(C5)C3)C4)c2)cc1. The molecule has 1 heterocycles. The molecule has 2 aromatic carbocycles. The zero-order valence-electron chi connectivity index (χ0n) is 22.0. The number of esters is 1. The van der Waals surface area contributed by atoms with Crippen LogP contribution in [0.2, 0.25) is 0 Å². The number of benzene rings is 2. The van der Waals surface area contributed by atoms with E-state index in [0.29, 0.717) is 0 Å². The molecule has 0 atom stereocenters. The molecule has 0 amide bonds. The summed E-state index contributed by atoms with van der Waals surface area (Å²) in [5.41, 5.74) is 5.14. The van der Waals surface area contributed by atoms with Crippen LogP contribution in [0.3, 0.4) is 0 Å². The van der Waals surface area contributed by atoms with E-state index in [1.165, 1.54) is 68.4 Å². The Balaban J connectivity index is 1.27. The highest BCUT2D eigenvalue weighted by Crippen LogP contribution is 2.62. The maximum atomic E-state index is 11.4. The molecule has 5 nitrogen and oxygen atoms in total. The van der Waals surface area contributed by atoms with Gasteiger partial charge in [-0.2, -0.15) is 0 Å². The minimum absolute atomic E-state index is 0.266. The number of methoxy groups -OCH3 is 1. The molecule has 1 aliphatic heterocycles. The summed E-state index contributed by atoms with van der Waals surface area (Å²) < 4.78 is 16.8. The summed E-state index contributed by atoms with van der Waals surface area (Å²) in [5.74, 6) is 3.41. The highest BCUT2D eigenvalue weighted by molar-refractivity contribution is 5.87. The van der Waals surface area contributed by atoms with Crippen molar-refractivity contribution in [2.24, 2.45) is 17.8 Å². The van der Waals surface area contributed by atoms with E-state index in [-0.39, 0.29) is 11.4 Å². The molecule has 4 aliphatic carbocycles. The van der Waals surface area contributed by atoms with Gasteiger partial charge in [0.25, 0.3) is 0 Å². The molecule has 0 N–H and O–H groups in total. The first-order valence-corrected chi connectivity index (χ1v) is 14.0. The van der Waals surface area contributed by atoms with Gasteiger partial charge in [-0.1, -0.05) is 30.3 Å². The van der Waals surface area contributed by atoms with Gasteiger partial charge < -0.3 is 14.2 Å². The lowest BCUT2D eigenvalue weighted by atomic mass is 9.48. The predicted molar refractivity (Wildman–Crippen MR) is 146 cm³/mol. The Morgan fingerprint density at radius 1 is 0.973 bits per heavy atom. The van der Waals surface area contributed by atoms with Crippen molar-refractivity contribution in [2.75, 3.05) is 46.6 Å². The average molecular weight is 502 g/mol. The average Bonchev–Trinajstić information content (AvgIpc) is 2.92. The predicted octanol–water partition coefficient (Wildman–Crippen LogP) is 5.72. The van der Waals surface area contributed by atoms with Crippen LogP contribution in [0.1, 0.15) is 49.7 Å². The van der Waals surface area contributed by atoms with Gasteiger partial charge in [0.2, 0.25) is 0 Å². The number of morpholine rings is 1. The summed E-state index contributed by atoms with van der Waals surface area (Å²) in [5, 5.41) is 0. The molecular weight excluding hydrogens is 462 g/mol. The van der Waals surface area contributed by atoms with Gasteiger partial charge >= 0.3 is 5.97 Å². The first-order valence-electron chi connectivity index (χ1n) is 14.0. The number of carbonyl (C=O) groups excluding carboxylic acids is 1. The number of hydrogen-bond donors (Lipinski definition) is 0. The molecule has 37 heavy (non-hydrogen) atoms. The third kappa shape index (κ3) is 5.35. The number of hydrogen-bond acceptors (Lipinski definition) is 5. The van der Waals surface area contributed by atoms with Crippen molar-refractivity contribution < 1.29 is 19.0 Å². The molecule has 7 rings (SSSR count). The van der Waals surface area contributed by atoms with Gasteiger partial charge in [0, 0.05) is 31.3 Å². The van der Waals surface area contributed by atoms with Crippen LogP contribution >= 0.6 is 0 Å². The molecule has 0 unspecified atom stereocenters. The molecule has 5 fully saturated rings. The third-order valence-corrected chi connectivity index (χ3v) is 9.22. The van der Waals surface area contributed by atoms with E-state index in [4.69, 9.17) is 14.2 Å². The van der Waals surface area contributed by atoms with Gasteiger partial charge in [-0.25, -0.2) is 4.79 Å². The van der Waals surface area contributed by atoms with Crippen molar-refractivity contribution in [3.05, 3.63) is 59.7 Å². The fourth-order valence-corrected chi connectivity index (χ4v) is 7.82. The molecule has 4 bridgehead atoms. The van der Waals surface area contributed by atoms with E-state index in [0.717, 1.165) is 68.5 Å². The highest BCUT2D eigenvalue weighted by atomic mass is 16.5. The van der Waals surface area contributed by atoms with E-state index >= 15 is 0 Å². The molecule has 5 aliphatic rings. The molecule has 0 aromatic heterocycles. The Morgan fingerprint density at radius 3 is 2.27 bits per heavy atom. The van der Waals surface area contributed by atoms with Crippen LogP contribution in [-0.2, 0) is 19.7 Å². The Hall–Kier alpha value is -2.63. The Bertz CT molecular complexity index is 1100. The summed E-state index contributed by atoms with van der Waals surface area (Å²) in [4.78, 5) is 13.9. The molecular formula is C32H39NO4. The Kier molecular flexibility index (Phi) is 7.09. The maximum absolute atomic E-state index is 11.4. The molecule has 4 saturated carbocycles. The van der Waals surface area contributed by atoms with Crippen LogP contribution in [0.15, 0.2) is 48.5 Å². The van der Waals surface area contributed by atoms with Crippen molar-refractivity contribution in [1.82, 2.24) is 4.90 Å². The second-order valence-electron chi connectivity index (χ2n) is 11.7. The van der Waals surface area contributed by atoms with Crippen molar-refractivity contribution in [2.45, 2.75) is 43.9 Å². The quantitative estimate of drug-likeness (QED) is 0.342. The van der Waals surface area contributed by atoms with Crippen LogP contribution < -0.4 is 4.74 Å². The van der Waals surface area contributed by atoms with Crippen LogP contribution in [0, 0.1) is 17.8 Å². The van der Waals surface area contributed by atoms with Crippen LogP contribution in [-0.4, -0.2) is 57.4 Å². The molecule has 1 saturated heterocycles. The lowest BCUT2D eigenvalue weighted by Crippen LogP contribution is -2.48. The second-order valence-corrected chi connectivity index (χ2v) is 11.7. The second kappa shape index (κ2) is 10.6. The standard InChI is InChI=1S/C32H39NO4/c1-35-31(34)9-4-23-2-5-27(6-3-23)28-7-8-30(37-15-12-33-10-13-36-14-11-33)29(19-28)32-20-24-16-25(21-32)18-26(17-24)22-32/h2-9,19,24-26H,10-18,20-22H2,1H3/b9-4+. The first-order chi connectivity index (χ1) is 18.1. The number of rotatable bonds is 8. The van der Waals surface area contributed by atoms with E-state index in [1.54, 1.807) is 6.08 Å². The Morgan fingerprint density at radius 2 is 1.62 bits per heavy atom. The lowest BCUT2D eigenvalue weighted by molar-refractivity contribution is -0.134. The third-order valence-electron chi connectivity index (χ3n) is 9.22. The maximum Gasteiger partial charge on any atom is 0.330 e. The smallest absolute Gasteiger partial charge is 0.330 e. The monoisotopic (exact) mass is 501 g/mol. The fraction of sp³-hybridized carbons (Fsp3) is 0.531. The van der Waals surface area contributed by atoms with Crippen molar-refractivity contribution in [3.8, 4) is 16.9 Å². The normalized spacial score (nSPS) is 29.1. The van der Waals surface area contributed by atoms with Gasteiger partial charge in [0.15, 0.2) is 0 Å².